The maximum atomic E-state index is 11.8. The van der Waals surface area contributed by atoms with Gasteiger partial charge in [-0.2, -0.15) is 5.10 Å². The molecule has 6 heteroatoms. The average molecular weight is 285 g/mol. The Labute approximate surface area is 123 Å². The molecular weight excluding hydrogens is 266 g/mol. The van der Waals surface area contributed by atoms with Gasteiger partial charge in [0.2, 0.25) is 0 Å². The fourth-order valence-corrected chi connectivity index (χ4v) is 1.87. The molecule has 2 aromatic rings. The third-order valence-electron chi connectivity index (χ3n) is 3.47. The molecule has 0 fully saturated rings. The van der Waals surface area contributed by atoms with Gasteiger partial charge in [0.05, 0.1) is 23.3 Å². The van der Waals surface area contributed by atoms with Crippen LogP contribution in [0.4, 0.5) is 0 Å². The molecule has 1 amide bonds. The first-order chi connectivity index (χ1) is 10.1. The van der Waals surface area contributed by atoms with E-state index in [1.807, 2.05) is 32.0 Å². The second-order valence-corrected chi connectivity index (χ2v) is 4.92. The number of carbonyl (C=O) groups is 1. The Morgan fingerprint density at radius 2 is 2.19 bits per heavy atom. The summed E-state index contributed by atoms with van der Waals surface area (Å²) >= 11 is 0. The van der Waals surface area contributed by atoms with Crippen molar-refractivity contribution in [1.29, 1.82) is 0 Å². The summed E-state index contributed by atoms with van der Waals surface area (Å²) in [6, 6.07) is 5.04. The summed E-state index contributed by atoms with van der Waals surface area (Å²) in [6.07, 6.45) is 5.66. The topological polar surface area (TPSA) is 93.3 Å². The predicted molar refractivity (Wildman–Crippen MR) is 82.7 cm³/mol. The number of rotatable bonds is 5. The summed E-state index contributed by atoms with van der Waals surface area (Å²) in [5.41, 5.74) is 10.6. The van der Waals surface area contributed by atoms with E-state index in [1.54, 1.807) is 18.6 Å². The van der Waals surface area contributed by atoms with Crippen molar-refractivity contribution in [3.63, 3.8) is 0 Å². The minimum atomic E-state index is -0.556. The molecule has 2 rings (SSSR count). The van der Waals surface area contributed by atoms with Gasteiger partial charge in [-0.15, -0.1) is 0 Å². The van der Waals surface area contributed by atoms with Gasteiger partial charge >= 0.3 is 0 Å². The Morgan fingerprint density at radius 1 is 1.43 bits per heavy atom. The Bertz CT molecular complexity index is 650. The number of amides is 1. The monoisotopic (exact) mass is 285 g/mol. The van der Waals surface area contributed by atoms with E-state index in [1.165, 1.54) is 0 Å². The largest absolute Gasteiger partial charge is 0.320 e. The number of fused-ring (bicyclic) bond motifs is 1. The highest BCUT2D eigenvalue weighted by atomic mass is 16.2. The zero-order chi connectivity index (χ0) is 15.2. The summed E-state index contributed by atoms with van der Waals surface area (Å²) in [5.74, 6) is -0.171. The quantitative estimate of drug-likeness (QED) is 0.642. The Kier molecular flexibility index (Phi) is 4.94. The number of hydrazone groups is 1. The minimum Gasteiger partial charge on any atom is -0.320 e. The van der Waals surface area contributed by atoms with E-state index in [0.717, 1.165) is 23.0 Å². The molecule has 0 saturated heterocycles. The molecule has 3 N–H and O–H groups in total. The Balaban J connectivity index is 2.09. The van der Waals surface area contributed by atoms with Crippen molar-refractivity contribution in [1.82, 2.24) is 15.4 Å². The summed E-state index contributed by atoms with van der Waals surface area (Å²) < 4.78 is 0. The number of benzene rings is 1. The van der Waals surface area contributed by atoms with E-state index >= 15 is 0 Å². The average Bonchev–Trinajstić information content (AvgIpc) is 2.53. The molecule has 2 atom stereocenters. The summed E-state index contributed by atoms with van der Waals surface area (Å²) in [7, 11) is 0. The van der Waals surface area contributed by atoms with Gasteiger partial charge in [-0.1, -0.05) is 32.4 Å². The van der Waals surface area contributed by atoms with Crippen LogP contribution in [0, 0.1) is 5.92 Å². The lowest BCUT2D eigenvalue weighted by atomic mass is 10.00. The molecule has 1 heterocycles. The molecule has 1 unspecified atom stereocenters. The summed E-state index contributed by atoms with van der Waals surface area (Å²) in [5, 5.41) is 3.96. The number of para-hydroxylation sites is 1. The van der Waals surface area contributed by atoms with Crippen LogP contribution >= 0.6 is 0 Å². The van der Waals surface area contributed by atoms with Gasteiger partial charge in [0.25, 0.3) is 5.91 Å². The zero-order valence-electron chi connectivity index (χ0n) is 12.2. The first kappa shape index (κ1) is 15.1. The SMILES string of the molecule is CCC(C)[C@@H](N)C(=O)N/N=C/c1cccc2nccnc12. The Hall–Kier alpha value is -2.34. The number of carbonyl (C=O) groups excluding carboxylic acids is 1. The third-order valence-corrected chi connectivity index (χ3v) is 3.47. The van der Waals surface area contributed by atoms with Crippen LogP contribution in [0.3, 0.4) is 0 Å². The van der Waals surface area contributed by atoms with Crippen LogP contribution in [0.25, 0.3) is 11.0 Å². The number of hydrogen-bond acceptors (Lipinski definition) is 5. The van der Waals surface area contributed by atoms with Crippen LogP contribution in [0.1, 0.15) is 25.8 Å². The van der Waals surface area contributed by atoms with Gasteiger partial charge in [-0.25, -0.2) is 5.43 Å². The van der Waals surface area contributed by atoms with E-state index < -0.39 is 6.04 Å². The fraction of sp³-hybridized carbons (Fsp3) is 0.333. The van der Waals surface area contributed by atoms with Crippen molar-refractivity contribution >= 4 is 23.2 Å². The van der Waals surface area contributed by atoms with Gasteiger partial charge in [0, 0.05) is 18.0 Å². The molecule has 0 bridgehead atoms. The lowest BCUT2D eigenvalue weighted by Crippen LogP contribution is -2.42. The summed E-state index contributed by atoms with van der Waals surface area (Å²) in [4.78, 5) is 20.3. The highest BCUT2D eigenvalue weighted by Gasteiger charge is 2.18. The minimum absolute atomic E-state index is 0.114. The zero-order valence-corrected chi connectivity index (χ0v) is 12.2. The van der Waals surface area contributed by atoms with Crippen LogP contribution in [0.15, 0.2) is 35.7 Å². The number of aromatic nitrogens is 2. The van der Waals surface area contributed by atoms with Gasteiger partial charge in [-0.05, 0) is 12.0 Å². The molecule has 0 aliphatic rings. The summed E-state index contributed by atoms with van der Waals surface area (Å²) in [6.45, 7) is 3.93. The smallest absolute Gasteiger partial charge is 0.257 e. The van der Waals surface area contributed by atoms with Gasteiger partial charge in [0.1, 0.15) is 0 Å². The Morgan fingerprint density at radius 3 is 2.95 bits per heavy atom. The molecule has 0 aliphatic carbocycles. The molecule has 0 saturated carbocycles. The fourth-order valence-electron chi connectivity index (χ4n) is 1.87. The van der Waals surface area contributed by atoms with Crippen LogP contribution < -0.4 is 11.2 Å². The molecule has 0 radical (unpaired) electrons. The lowest BCUT2D eigenvalue weighted by molar-refractivity contribution is -0.123. The maximum Gasteiger partial charge on any atom is 0.257 e. The van der Waals surface area contributed by atoms with Crippen molar-refractivity contribution in [2.24, 2.45) is 16.8 Å². The molecule has 6 nitrogen and oxygen atoms in total. The number of hydrogen-bond donors (Lipinski definition) is 2. The van der Waals surface area contributed by atoms with Crippen LogP contribution in [0.2, 0.25) is 0 Å². The van der Waals surface area contributed by atoms with Crippen molar-refractivity contribution in [3.05, 3.63) is 36.2 Å². The van der Waals surface area contributed by atoms with Gasteiger partial charge < -0.3 is 5.73 Å². The molecule has 0 spiro atoms. The van der Waals surface area contributed by atoms with Crippen molar-refractivity contribution < 1.29 is 4.79 Å². The molecule has 110 valence electrons. The van der Waals surface area contributed by atoms with Gasteiger partial charge in [-0.3, -0.25) is 14.8 Å². The van der Waals surface area contributed by atoms with Gasteiger partial charge in [0.15, 0.2) is 0 Å². The second-order valence-electron chi connectivity index (χ2n) is 4.92. The van der Waals surface area contributed by atoms with Crippen molar-refractivity contribution in [2.75, 3.05) is 0 Å². The molecule has 21 heavy (non-hydrogen) atoms. The highest BCUT2D eigenvalue weighted by Crippen LogP contribution is 2.11. The molecule has 1 aromatic heterocycles. The van der Waals surface area contributed by atoms with E-state index in [0.29, 0.717) is 0 Å². The standard InChI is InChI=1S/C15H19N5O/c1-3-10(2)13(16)15(21)20-19-9-11-5-4-6-12-14(11)18-8-7-17-12/h4-10,13H,3,16H2,1-2H3,(H,20,21)/b19-9+/t10?,13-/m1/s1. The van der Waals surface area contributed by atoms with Crippen LogP contribution in [-0.4, -0.2) is 28.1 Å². The van der Waals surface area contributed by atoms with Crippen LogP contribution in [0.5, 0.6) is 0 Å². The molecular formula is C15H19N5O. The van der Waals surface area contributed by atoms with E-state index in [-0.39, 0.29) is 11.8 Å². The highest BCUT2D eigenvalue weighted by molar-refractivity contribution is 5.96. The van der Waals surface area contributed by atoms with Crippen molar-refractivity contribution in [2.45, 2.75) is 26.3 Å². The van der Waals surface area contributed by atoms with Crippen molar-refractivity contribution in [3.8, 4) is 0 Å². The normalized spacial score (nSPS) is 14.2. The van der Waals surface area contributed by atoms with E-state index in [4.69, 9.17) is 5.73 Å². The van der Waals surface area contributed by atoms with E-state index in [9.17, 15) is 4.79 Å². The number of nitrogens with two attached hydrogens (primary N) is 1. The third kappa shape index (κ3) is 3.61. The predicted octanol–water partition coefficient (Wildman–Crippen LogP) is 1.45. The first-order valence-corrected chi connectivity index (χ1v) is 6.91. The van der Waals surface area contributed by atoms with E-state index in [2.05, 4.69) is 20.5 Å². The second kappa shape index (κ2) is 6.90. The van der Waals surface area contributed by atoms with Crippen LogP contribution in [-0.2, 0) is 4.79 Å². The molecule has 0 aliphatic heterocycles. The lowest BCUT2D eigenvalue weighted by Gasteiger charge is -2.15. The number of nitrogens with one attached hydrogen (secondary N) is 1. The number of nitrogens with zero attached hydrogens (tertiary/aromatic N) is 3. The maximum absolute atomic E-state index is 11.8. The first-order valence-electron chi connectivity index (χ1n) is 6.91. The molecule has 1 aromatic carbocycles.